The molecule has 0 atom stereocenters. The molecule has 0 amide bonds. The van der Waals surface area contributed by atoms with Crippen molar-refractivity contribution in [2.45, 2.75) is 27.1 Å². The van der Waals surface area contributed by atoms with Crippen LogP contribution in [0.5, 0.6) is 5.75 Å². The van der Waals surface area contributed by atoms with Gasteiger partial charge in [0.15, 0.2) is 0 Å². The summed E-state index contributed by atoms with van der Waals surface area (Å²) in [7, 11) is 0. The third kappa shape index (κ3) is 3.39. The average Bonchev–Trinajstić information content (AvgIpc) is 2.66. The Kier molecular flexibility index (Phi) is 4.68. The van der Waals surface area contributed by atoms with E-state index in [4.69, 9.17) is 27.9 Å². The van der Waals surface area contributed by atoms with Crippen LogP contribution in [0.2, 0.25) is 10.0 Å². The second-order valence-electron chi connectivity index (χ2n) is 4.07. The summed E-state index contributed by atoms with van der Waals surface area (Å²) in [5, 5.41) is 11.0. The summed E-state index contributed by atoms with van der Waals surface area (Å²) >= 11 is 13.5. The van der Waals surface area contributed by atoms with Crippen LogP contribution in [-0.4, -0.2) is 10.1 Å². The van der Waals surface area contributed by atoms with Gasteiger partial charge in [-0.15, -0.1) is 11.3 Å². The molecule has 0 radical (unpaired) electrons. The lowest BCUT2D eigenvalue weighted by atomic mass is 10.2. The second-order valence-corrected chi connectivity index (χ2v) is 6.20. The Hall–Kier alpha value is -0.810. The second kappa shape index (κ2) is 6.09. The summed E-state index contributed by atoms with van der Waals surface area (Å²) in [5.74, 6) is 0.457. The minimum Gasteiger partial charge on any atom is -0.484 e. The summed E-state index contributed by atoms with van der Waals surface area (Å²) in [6, 6.07) is 3.23. The molecule has 1 N–H and O–H groups in total. The predicted molar refractivity (Wildman–Crippen MR) is 78.3 cm³/mol. The van der Waals surface area contributed by atoms with E-state index in [0.29, 0.717) is 28.0 Å². The zero-order chi connectivity index (χ0) is 14.0. The maximum atomic E-state index is 9.30. The SMILES string of the molecule is Cc1nc(COc2c(Cl)cc(Cl)cc2CO)sc1C. The van der Waals surface area contributed by atoms with Gasteiger partial charge in [-0.3, -0.25) is 0 Å². The Morgan fingerprint density at radius 1 is 1.32 bits per heavy atom. The van der Waals surface area contributed by atoms with Gasteiger partial charge in [0.2, 0.25) is 0 Å². The number of thiazole rings is 1. The van der Waals surface area contributed by atoms with Gasteiger partial charge in [0.05, 0.1) is 17.3 Å². The van der Waals surface area contributed by atoms with Gasteiger partial charge in [-0.25, -0.2) is 4.98 Å². The third-order valence-electron chi connectivity index (χ3n) is 2.67. The number of hydrogen-bond acceptors (Lipinski definition) is 4. The molecule has 0 aliphatic carbocycles. The van der Waals surface area contributed by atoms with Crippen molar-refractivity contribution in [2.24, 2.45) is 0 Å². The summed E-state index contributed by atoms with van der Waals surface area (Å²) in [5.41, 5.74) is 1.58. The normalized spacial score (nSPS) is 10.8. The third-order valence-corrected chi connectivity index (χ3v) is 4.21. The molecular formula is C13H13Cl2NO2S. The van der Waals surface area contributed by atoms with Crippen molar-refractivity contribution in [1.29, 1.82) is 0 Å². The highest BCUT2D eigenvalue weighted by Crippen LogP contribution is 2.33. The highest BCUT2D eigenvalue weighted by Gasteiger charge is 2.12. The number of aryl methyl sites for hydroxylation is 2. The van der Waals surface area contributed by atoms with E-state index >= 15 is 0 Å². The van der Waals surface area contributed by atoms with Gasteiger partial charge in [-0.2, -0.15) is 0 Å². The van der Waals surface area contributed by atoms with E-state index in [1.54, 1.807) is 23.5 Å². The van der Waals surface area contributed by atoms with Crippen LogP contribution in [0.4, 0.5) is 0 Å². The monoisotopic (exact) mass is 317 g/mol. The summed E-state index contributed by atoms with van der Waals surface area (Å²) in [4.78, 5) is 5.56. The number of hydrogen-bond donors (Lipinski definition) is 1. The molecule has 0 aliphatic heterocycles. The predicted octanol–water partition coefficient (Wildman–Crippen LogP) is 4.14. The molecule has 1 aromatic heterocycles. The molecule has 6 heteroatoms. The van der Waals surface area contributed by atoms with Gasteiger partial charge in [0.25, 0.3) is 0 Å². The van der Waals surface area contributed by atoms with Crippen LogP contribution >= 0.6 is 34.5 Å². The fourth-order valence-corrected chi connectivity index (χ4v) is 3.06. The molecular weight excluding hydrogens is 305 g/mol. The number of aliphatic hydroxyl groups excluding tert-OH is 1. The smallest absolute Gasteiger partial charge is 0.144 e. The van der Waals surface area contributed by atoms with Crippen molar-refractivity contribution in [3.63, 3.8) is 0 Å². The molecule has 102 valence electrons. The Morgan fingerprint density at radius 3 is 2.63 bits per heavy atom. The van der Waals surface area contributed by atoms with Crippen molar-refractivity contribution in [3.05, 3.63) is 43.3 Å². The van der Waals surface area contributed by atoms with Crippen LogP contribution in [0, 0.1) is 13.8 Å². The minimum absolute atomic E-state index is 0.175. The van der Waals surface area contributed by atoms with Crippen LogP contribution in [0.15, 0.2) is 12.1 Å². The Morgan fingerprint density at radius 2 is 2.05 bits per heavy atom. The Labute approximate surface area is 125 Å². The van der Waals surface area contributed by atoms with E-state index in [9.17, 15) is 5.11 Å². The van der Waals surface area contributed by atoms with Gasteiger partial charge < -0.3 is 9.84 Å². The molecule has 0 saturated heterocycles. The van der Waals surface area contributed by atoms with Crippen molar-refractivity contribution in [3.8, 4) is 5.75 Å². The molecule has 0 aliphatic rings. The fraction of sp³-hybridized carbons (Fsp3) is 0.308. The number of benzene rings is 1. The van der Waals surface area contributed by atoms with Gasteiger partial charge in [-0.05, 0) is 26.0 Å². The zero-order valence-corrected chi connectivity index (χ0v) is 12.9. The molecule has 2 aromatic rings. The molecule has 1 aromatic carbocycles. The first-order chi connectivity index (χ1) is 9.01. The Bertz CT molecular complexity index is 579. The molecule has 0 saturated carbocycles. The van der Waals surface area contributed by atoms with E-state index in [1.165, 1.54) is 4.88 Å². The summed E-state index contributed by atoms with van der Waals surface area (Å²) < 4.78 is 5.67. The maximum absolute atomic E-state index is 9.30. The molecule has 0 fully saturated rings. The largest absolute Gasteiger partial charge is 0.484 e. The van der Waals surface area contributed by atoms with Gasteiger partial charge in [0, 0.05) is 15.5 Å². The lowest BCUT2D eigenvalue weighted by Crippen LogP contribution is -1.99. The van der Waals surface area contributed by atoms with Crippen LogP contribution in [0.3, 0.4) is 0 Å². The molecule has 0 spiro atoms. The molecule has 2 rings (SSSR count). The first-order valence-corrected chi connectivity index (χ1v) is 7.23. The number of ether oxygens (including phenoxy) is 1. The number of rotatable bonds is 4. The van der Waals surface area contributed by atoms with E-state index < -0.39 is 0 Å². The van der Waals surface area contributed by atoms with Crippen LogP contribution in [0.25, 0.3) is 0 Å². The number of nitrogens with zero attached hydrogens (tertiary/aromatic N) is 1. The number of aliphatic hydroxyl groups is 1. The van der Waals surface area contributed by atoms with E-state index in [-0.39, 0.29) is 6.61 Å². The zero-order valence-electron chi connectivity index (χ0n) is 10.5. The fourth-order valence-electron chi connectivity index (χ4n) is 1.63. The van der Waals surface area contributed by atoms with Gasteiger partial charge >= 0.3 is 0 Å². The molecule has 0 unspecified atom stereocenters. The van der Waals surface area contributed by atoms with Gasteiger partial charge in [-0.1, -0.05) is 23.2 Å². The first kappa shape index (κ1) is 14.6. The quantitative estimate of drug-likeness (QED) is 0.921. The molecule has 19 heavy (non-hydrogen) atoms. The number of aromatic nitrogens is 1. The highest BCUT2D eigenvalue weighted by atomic mass is 35.5. The maximum Gasteiger partial charge on any atom is 0.144 e. The molecule has 0 bridgehead atoms. The van der Waals surface area contributed by atoms with Crippen LogP contribution < -0.4 is 4.74 Å². The van der Waals surface area contributed by atoms with Crippen molar-refractivity contribution >= 4 is 34.5 Å². The lowest BCUT2D eigenvalue weighted by molar-refractivity contribution is 0.259. The summed E-state index contributed by atoms with van der Waals surface area (Å²) in [6.45, 7) is 4.13. The number of halogens is 2. The van der Waals surface area contributed by atoms with E-state index in [0.717, 1.165) is 10.7 Å². The molecule has 1 heterocycles. The highest BCUT2D eigenvalue weighted by molar-refractivity contribution is 7.11. The Balaban J connectivity index is 2.19. The van der Waals surface area contributed by atoms with Gasteiger partial charge in [0.1, 0.15) is 17.4 Å². The van der Waals surface area contributed by atoms with Crippen molar-refractivity contribution in [2.75, 3.05) is 0 Å². The molecule has 3 nitrogen and oxygen atoms in total. The van der Waals surface area contributed by atoms with Crippen LogP contribution in [-0.2, 0) is 13.2 Å². The first-order valence-electron chi connectivity index (χ1n) is 5.65. The minimum atomic E-state index is -0.175. The van der Waals surface area contributed by atoms with Crippen LogP contribution in [0.1, 0.15) is 21.1 Å². The van der Waals surface area contributed by atoms with Crippen molar-refractivity contribution in [1.82, 2.24) is 4.98 Å². The summed E-state index contributed by atoms with van der Waals surface area (Å²) in [6.07, 6.45) is 0. The van der Waals surface area contributed by atoms with E-state index in [1.807, 2.05) is 13.8 Å². The van der Waals surface area contributed by atoms with Crippen molar-refractivity contribution < 1.29 is 9.84 Å². The topological polar surface area (TPSA) is 42.4 Å². The lowest BCUT2D eigenvalue weighted by Gasteiger charge is -2.11. The average molecular weight is 318 g/mol. The van der Waals surface area contributed by atoms with E-state index in [2.05, 4.69) is 4.98 Å². The standard InChI is InChI=1S/C13H13Cl2NO2S/c1-7-8(2)19-12(16-7)6-18-13-9(5-17)3-10(14)4-11(13)15/h3-4,17H,5-6H2,1-2H3.